The van der Waals surface area contributed by atoms with Gasteiger partial charge < -0.3 is 10.5 Å². The van der Waals surface area contributed by atoms with Gasteiger partial charge in [0.05, 0.1) is 11.4 Å². The summed E-state index contributed by atoms with van der Waals surface area (Å²) >= 11 is 7.86. The molecule has 1 aliphatic rings. The molecule has 0 bridgehead atoms. The number of hydrogen-bond donors (Lipinski definition) is 1. The summed E-state index contributed by atoms with van der Waals surface area (Å²) in [5, 5.41) is 0. The number of nitrogens with two attached hydrogens (primary N) is 1. The van der Waals surface area contributed by atoms with Gasteiger partial charge in [-0.1, -0.05) is 0 Å². The SMILES string of the molecule is CC1(C)OC(c2ccc(N=S)c(N)c2)=C(Br)C1=O. The molecule has 0 spiro atoms. The fourth-order valence-electron chi connectivity index (χ4n) is 1.68. The van der Waals surface area contributed by atoms with Gasteiger partial charge in [0.1, 0.15) is 10.2 Å². The Hall–Kier alpha value is -1.27. The summed E-state index contributed by atoms with van der Waals surface area (Å²) in [5.41, 5.74) is 6.66. The van der Waals surface area contributed by atoms with E-state index in [2.05, 4.69) is 32.7 Å². The zero-order valence-corrected chi connectivity index (χ0v) is 12.3. The van der Waals surface area contributed by atoms with E-state index in [9.17, 15) is 4.79 Å². The number of benzene rings is 1. The normalized spacial score (nSPS) is 17.8. The third-order valence-corrected chi connectivity index (χ3v) is 3.61. The molecule has 1 aromatic carbocycles. The van der Waals surface area contributed by atoms with Gasteiger partial charge in [-0.3, -0.25) is 4.79 Å². The highest BCUT2D eigenvalue weighted by molar-refractivity contribution is 9.12. The minimum absolute atomic E-state index is 0.0897. The Morgan fingerprint density at radius 2 is 2.11 bits per heavy atom. The quantitative estimate of drug-likeness (QED) is 0.848. The largest absolute Gasteiger partial charge is 0.478 e. The van der Waals surface area contributed by atoms with Crippen LogP contribution in [0.4, 0.5) is 11.4 Å². The minimum Gasteiger partial charge on any atom is -0.478 e. The molecule has 1 aliphatic heterocycles. The molecule has 0 saturated heterocycles. The molecule has 0 saturated carbocycles. The van der Waals surface area contributed by atoms with E-state index in [1.165, 1.54) is 0 Å². The van der Waals surface area contributed by atoms with Gasteiger partial charge in [0.25, 0.3) is 0 Å². The third kappa shape index (κ3) is 2.06. The number of ether oxygens (including phenoxy) is 1. The average molecular weight is 327 g/mol. The zero-order valence-electron chi connectivity index (χ0n) is 9.86. The number of carbonyl (C=O) groups excluding carboxylic acids is 1. The summed E-state index contributed by atoms with van der Waals surface area (Å²) in [6, 6.07) is 5.16. The molecule has 4 nitrogen and oxygen atoms in total. The highest BCUT2D eigenvalue weighted by Crippen LogP contribution is 2.40. The number of nitrogens with zero attached hydrogens (tertiary/aromatic N) is 1. The first kappa shape index (κ1) is 13.2. The van der Waals surface area contributed by atoms with E-state index in [1.54, 1.807) is 32.0 Å². The fourth-order valence-corrected chi connectivity index (χ4v) is 2.63. The van der Waals surface area contributed by atoms with Crippen LogP contribution in [0.3, 0.4) is 0 Å². The summed E-state index contributed by atoms with van der Waals surface area (Å²) < 4.78 is 9.71. The smallest absolute Gasteiger partial charge is 0.216 e. The van der Waals surface area contributed by atoms with Gasteiger partial charge >= 0.3 is 0 Å². The molecule has 0 unspecified atom stereocenters. The van der Waals surface area contributed by atoms with Gasteiger partial charge in [-0.2, -0.15) is 4.36 Å². The van der Waals surface area contributed by atoms with Crippen LogP contribution in [0.15, 0.2) is 27.0 Å². The van der Waals surface area contributed by atoms with Gasteiger partial charge in [0.15, 0.2) is 5.60 Å². The van der Waals surface area contributed by atoms with E-state index in [-0.39, 0.29) is 5.78 Å². The molecule has 0 aliphatic carbocycles. The highest BCUT2D eigenvalue weighted by atomic mass is 79.9. The second-order valence-corrected chi connectivity index (χ2v) is 5.43. The molecule has 0 fully saturated rings. The zero-order chi connectivity index (χ0) is 13.5. The van der Waals surface area contributed by atoms with E-state index in [1.807, 2.05) is 0 Å². The lowest BCUT2D eigenvalue weighted by Crippen LogP contribution is -2.28. The van der Waals surface area contributed by atoms with Crippen molar-refractivity contribution in [2.75, 3.05) is 5.73 Å². The predicted molar refractivity (Wildman–Crippen MR) is 76.3 cm³/mol. The molecule has 0 aromatic heterocycles. The molecule has 2 rings (SSSR count). The first-order valence-corrected chi connectivity index (χ1v) is 6.39. The molecule has 0 radical (unpaired) electrons. The van der Waals surface area contributed by atoms with Crippen LogP contribution >= 0.6 is 15.9 Å². The molecular formula is C12H11BrN2O2S. The number of ketones is 1. The minimum atomic E-state index is -0.857. The molecular weight excluding hydrogens is 316 g/mol. The van der Waals surface area contributed by atoms with Crippen molar-refractivity contribution in [1.82, 2.24) is 0 Å². The molecule has 94 valence electrons. The number of nitrogen functional groups attached to an aromatic ring is 1. The first-order chi connectivity index (χ1) is 8.36. The van der Waals surface area contributed by atoms with Gasteiger partial charge in [-0.25, -0.2) is 0 Å². The molecule has 1 aromatic rings. The van der Waals surface area contributed by atoms with Crippen molar-refractivity contribution in [3.05, 3.63) is 28.2 Å². The van der Waals surface area contributed by atoms with Crippen LogP contribution in [0, 0.1) is 0 Å². The second kappa shape index (κ2) is 4.44. The van der Waals surface area contributed by atoms with Crippen LogP contribution in [-0.4, -0.2) is 11.4 Å². The number of carbonyl (C=O) groups is 1. The Morgan fingerprint density at radius 1 is 1.44 bits per heavy atom. The monoisotopic (exact) mass is 326 g/mol. The summed E-state index contributed by atoms with van der Waals surface area (Å²) in [6.45, 7) is 3.44. The Morgan fingerprint density at radius 3 is 2.56 bits per heavy atom. The maximum atomic E-state index is 11.9. The van der Waals surface area contributed by atoms with Crippen LogP contribution in [0.2, 0.25) is 0 Å². The molecule has 2 N–H and O–H groups in total. The fraction of sp³-hybridized carbons (Fsp3) is 0.250. The van der Waals surface area contributed by atoms with Gasteiger partial charge in [0, 0.05) is 18.0 Å². The lowest BCUT2D eigenvalue weighted by Gasteiger charge is -2.17. The van der Waals surface area contributed by atoms with Crippen molar-refractivity contribution in [3.8, 4) is 0 Å². The number of anilines is 1. The van der Waals surface area contributed by atoms with Crippen molar-refractivity contribution in [3.63, 3.8) is 0 Å². The summed E-state index contributed by atoms with van der Waals surface area (Å²) in [4.78, 5) is 11.9. The van der Waals surface area contributed by atoms with Crippen molar-refractivity contribution >= 4 is 51.3 Å². The van der Waals surface area contributed by atoms with E-state index >= 15 is 0 Å². The number of halogens is 1. The second-order valence-electron chi connectivity index (χ2n) is 4.45. The van der Waals surface area contributed by atoms with Crippen molar-refractivity contribution in [2.24, 2.45) is 4.36 Å². The topological polar surface area (TPSA) is 64.7 Å². The van der Waals surface area contributed by atoms with Gasteiger partial charge in [-0.05, 0) is 48.0 Å². The van der Waals surface area contributed by atoms with E-state index in [0.717, 1.165) is 5.56 Å². The number of rotatable bonds is 2. The first-order valence-electron chi connectivity index (χ1n) is 5.23. The van der Waals surface area contributed by atoms with E-state index in [0.29, 0.717) is 21.6 Å². The van der Waals surface area contributed by atoms with Crippen LogP contribution < -0.4 is 5.73 Å². The molecule has 18 heavy (non-hydrogen) atoms. The van der Waals surface area contributed by atoms with E-state index < -0.39 is 5.60 Å². The third-order valence-electron chi connectivity index (χ3n) is 2.69. The molecule has 0 atom stereocenters. The number of hydrogen-bond acceptors (Lipinski definition) is 5. The van der Waals surface area contributed by atoms with E-state index in [4.69, 9.17) is 10.5 Å². The maximum Gasteiger partial charge on any atom is 0.216 e. The highest BCUT2D eigenvalue weighted by Gasteiger charge is 2.41. The standard InChI is InChI=1S/C12H11BrN2O2S/c1-12(2)11(16)9(13)10(17-12)6-3-4-8(15-18)7(14)5-6/h3-5H,14H2,1-2H3. The van der Waals surface area contributed by atoms with Crippen molar-refractivity contribution in [2.45, 2.75) is 19.4 Å². The molecule has 1 heterocycles. The number of Topliss-reactive ketones (excluding diaryl/α,β-unsaturated/α-hetero) is 1. The van der Waals surface area contributed by atoms with Gasteiger partial charge in [-0.15, -0.1) is 0 Å². The van der Waals surface area contributed by atoms with Crippen LogP contribution in [-0.2, 0) is 22.0 Å². The maximum absolute atomic E-state index is 11.9. The molecule has 0 amide bonds. The Kier molecular flexibility index (Phi) is 3.25. The summed E-state index contributed by atoms with van der Waals surface area (Å²) in [5.74, 6) is 0.403. The predicted octanol–water partition coefficient (Wildman–Crippen LogP) is 3.07. The summed E-state index contributed by atoms with van der Waals surface area (Å²) in [7, 11) is 0. The molecule has 6 heteroatoms. The van der Waals surface area contributed by atoms with Crippen LogP contribution in [0.5, 0.6) is 0 Å². The van der Waals surface area contributed by atoms with Crippen LogP contribution in [0.1, 0.15) is 19.4 Å². The van der Waals surface area contributed by atoms with Crippen molar-refractivity contribution < 1.29 is 9.53 Å². The lowest BCUT2D eigenvalue weighted by atomic mass is 10.1. The van der Waals surface area contributed by atoms with Crippen molar-refractivity contribution in [1.29, 1.82) is 0 Å². The summed E-state index contributed by atoms with van der Waals surface area (Å²) in [6.07, 6.45) is 0. The van der Waals surface area contributed by atoms with Gasteiger partial charge in [0.2, 0.25) is 5.78 Å². The lowest BCUT2D eigenvalue weighted by molar-refractivity contribution is -0.125. The van der Waals surface area contributed by atoms with Crippen LogP contribution in [0.25, 0.3) is 5.76 Å². The Labute approximate surface area is 118 Å². The average Bonchev–Trinajstić information content (AvgIpc) is 2.53. The Bertz CT molecular complexity index is 581. The Balaban J connectivity index is 2.48.